The first-order valence-electron chi connectivity index (χ1n) is 9.50. The molecule has 0 aliphatic rings. The zero-order valence-corrected chi connectivity index (χ0v) is 19.0. The third kappa shape index (κ3) is 17.7. The number of hydrogen-bond acceptors (Lipinski definition) is 4. The molecule has 2 atom stereocenters. The van der Waals surface area contributed by atoms with Gasteiger partial charge in [0.25, 0.3) is 0 Å². The molecule has 0 aliphatic heterocycles. The monoisotopic (exact) mass is 372 g/mol. The fourth-order valence-corrected chi connectivity index (χ4v) is 3.84. The van der Waals surface area contributed by atoms with Gasteiger partial charge >= 0.3 is 29.6 Å². The summed E-state index contributed by atoms with van der Waals surface area (Å²) in [6.07, 6.45) is 13.3. The zero-order valence-electron chi connectivity index (χ0n) is 16.1. The van der Waals surface area contributed by atoms with Crippen molar-refractivity contribution in [1.29, 1.82) is 0 Å². The van der Waals surface area contributed by atoms with Crippen LogP contribution in [-0.4, -0.2) is 29.4 Å². The quantitative estimate of drug-likeness (QED) is 0.254. The van der Waals surface area contributed by atoms with Gasteiger partial charge < -0.3 is 9.66 Å². The molecule has 0 aromatic rings. The summed E-state index contributed by atoms with van der Waals surface area (Å²) >= 11 is 0. The van der Waals surface area contributed by atoms with Crippen molar-refractivity contribution in [3.8, 4) is 0 Å². The average Bonchev–Trinajstić information content (AvgIpc) is 2.46. The molecule has 0 aromatic carbocycles. The van der Waals surface area contributed by atoms with Gasteiger partial charge in [-0.1, -0.05) is 77.6 Å². The summed E-state index contributed by atoms with van der Waals surface area (Å²) in [7, 11) is -4.15. The van der Waals surface area contributed by atoms with Crippen molar-refractivity contribution in [3.05, 3.63) is 0 Å². The molecule has 140 valence electrons. The largest absolute Gasteiger partial charge is 1.00 e. The molecule has 1 N–H and O–H groups in total. The molecule has 0 radical (unpaired) electrons. The number of hydrogen-bond donors (Lipinski definition) is 1. The minimum atomic E-state index is -4.15. The summed E-state index contributed by atoms with van der Waals surface area (Å²) in [5.74, 6) is 0. The van der Waals surface area contributed by atoms with Crippen molar-refractivity contribution in [2.75, 3.05) is 0 Å². The number of aliphatic hydroxyl groups is 1. The Morgan fingerprint density at radius 1 is 0.792 bits per heavy atom. The minimum absolute atomic E-state index is 0. The summed E-state index contributed by atoms with van der Waals surface area (Å²) in [4.78, 5) is 0. The molecule has 0 saturated heterocycles. The first-order valence-corrected chi connectivity index (χ1v) is 11.0. The van der Waals surface area contributed by atoms with Crippen molar-refractivity contribution in [2.24, 2.45) is 0 Å². The molecule has 0 bridgehead atoms. The van der Waals surface area contributed by atoms with Crippen molar-refractivity contribution in [3.63, 3.8) is 0 Å². The molecule has 2 unspecified atom stereocenters. The van der Waals surface area contributed by atoms with Crippen LogP contribution in [0.3, 0.4) is 0 Å². The van der Waals surface area contributed by atoms with Crippen LogP contribution in [0, 0.1) is 0 Å². The van der Waals surface area contributed by atoms with E-state index in [2.05, 4.69) is 6.92 Å². The van der Waals surface area contributed by atoms with Gasteiger partial charge in [-0.2, -0.15) is 0 Å². The normalized spacial score (nSPS) is 14.2. The summed E-state index contributed by atoms with van der Waals surface area (Å²) in [6.45, 7) is 3.96. The Bertz CT molecular complexity index is 358. The molecule has 6 heteroatoms. The first-order chi connectivity index (χ1) is 10.9. The van der Waals surface area contributed by atoms with Crippen LogP contribution in [0.25, 0.3) is 0 Å². The summed E-state index contributed by atoms with van der Waals surface area (Å²) in [6, 6.07) is 0. The van der Waals surface area contributed by atoms with Gasteiger partial charge in [-0.05, 0) is 26.2 Å². The van der Waals surface area contributed by atoms with E-state index in [1.54, 1.807) is 0 Å². The molecule has 0 spiro atoms. The third-order valence-corrected chi connectivity index (χ3v) is 5.72. The Balaban J connectivity index is 0. The van der Waals surface area contributed by atoms with Gasteiger partial charge in [-0.15, -0.1) is 0 Å². The second-order valence-corrected chi connectivity index (χ2v) is 8.52. The molecule has 0 fully saturated rings. The minimum Gasteiger partial charge on any atom is -0.748 e. The van der Waals surface area contributed by atoms with Crippen LogP contribution in [0.1, 0.15) is 104 Å². The molecule has 24 heavy (non-hydrogen) atoms. The Morgan fingerprint density at radius 3 is 1.54 bits per heavy atom. The van der Waals surface area contributed by atoms with Crippen molar-refractivity contribution >= 4 is 10.1 Å². The standard InChI is InChI=1S/C18H38O4S.Na/c1-3-4-5-8-12-15-18(23(20,21)22)16-13-10-7-6-9-11-14-17(2)19;/h17-19H,3-16H2,1-2H3,(H,20,21,22);/q;+1/p-1. The molecular weight excluding hydrogens is 335 g/mol. The SMILES string of the molecule is CCCCCCCC(CCCCCCCCC(C)O)S(=O)(=O)[O-].[Na+]. The first kappa shape index (κ1) is 27.1. The maximum absolute atomic E-state index is 11.3. The predicted molar refractivity (Wildman–Crippen MR) is 95.5 cm³/mol. The fraction of sp³-hybridized carbons (Fsp3) is 1.00. The van der Waals surface area contributed by atoms with Gasteiger partial charge in [0.2, 0.25) is 0 Å². The van der Waals surface area contributed by atoms with Crippen LogP contribution in [0.15, 0.2) is 0 Å². The second kappa shape index (κ2) is 17.3. The maximum Gasteiger partial charge on any atom is 1.00 e. The third-order valence-electron chi connectivity index (χ3n) is 4.44. The summed E-state index contributed by atoms with van der Waals surface area (Å²) in [5, 5.41) is 8.48. The zero-order chi connectivity index (χ0) is 17.6. The van der Waals surface area contributed by atoms with E-state index in [-0.39, 0.29) is 35.7 Å². The molecule has 0 amide bonds. The van der Waals surface area contributed by atoms with Gasteiger partial charge in [0.05, 0.1) is 16.2 Å². The number of aliphatic hydroxyl groups excluding tert-OH is 1. The average molecular weight is 373 g/mol. The molecule has 4 nitrogen and oxygen atoms in total. The molecule has 0 rings (SSSR count). The van der Waals surface area contributed by atoms with Crippen LogP contribution >= 0.6 is 0 Å². The Hall–Kier alpha value is 0.870. The maximum atomic E-state index is 11.3. The van der Waals surface area contributed by atoms with E-state index >= 15 is 0 Å². The van der Waals surface area contributed by atoms with Crippen LogP contribution < -0.4 is 29.6 Å². The van der Waals surface area contributed by atoms with Crippen molar-refractivity contribution < 1.29 is 47.6 Å². The molecule has 0 heterocycles. The van der Waals surface area contributed by atoms with E-state index in [9.17, 15) is 13.0 Å². The van der Waals surface area contributed by atoms with Crippen LogP contribution in [0.4, 0.5) is 0 Å². The van der Waals surface area contributed by atoms with E-state index in [0.717, 1.165) is 64.2 Å². The predicted octanol–water partition coefficient (Wildman–Crippen LogP) is 1.77. The van der Waals surface area contributed by atoms with E-state index in [0.29, 0.717) is 12.8 Å². The molecule has 0 aromatic heterocycles. The fourth-order valence-electron chi connectivity index (χ4n) is 2.93. The smallest absolute Gasteiger partial charge is 0.748 e. The Labute approximate surface area is 172 Å². The molecule has 0 aliphatic carbocycles. The van der Waals surface area contributed by atoms with Crippen LogP contribution in [0.2, 0.25) is 0 Å². The Morgan fingerprint density at radius 2 is 1.17 bits per heavy atom. The number of unbranched alkanes of at least 4 members (excludes halogenated alkanes) is 9. The summed E-state index contributed by atoms with van der Waals surface area (Å²) < 4.78 is 34.0. The Kier molecular flexibility index (Phi) is 19.5. The van der Waals surface area contributed by atoms with Gasteiger partial charge in [-0.3, -0.25) is 0 Å². The topological polar surface area (TPSA) is 77.4 Å². The van der Waals surface area contributed by atoms with Gasteiger partial charge in [0.1, 0.15) is 0 Å². The van der Waals surface area contributed by atoms with E-state index in [1.807, 2.05) is 6.92 Å². The van der Waals surface area contributed by atoms with Crippen molar-refractivity contribution in [2.45, 2.75) is 115 Å². The van der Waals surface area contributed by atoms with E-state index < -0.39 is 15.4 Å². The molecular formula is C18H37NaO4S. The van der Waals surface area contributed by atoms with Crippen molar-refractivity contribution in [1.82, 2.24) is 0 Å². The summed E-state index contributed by atoms with van der Waals surface area (Å²) in [5.41, 5.74) is 0. The van der Waals surface area contributed by atoms with Gasteiger partial charge in [-0.25, -0.2) is 8.42 Å². The van der Waals surface area contributed by atoms with E-state index in [4.69, 9.17) is 5.11 Å². The van der Waals surface area contributed by atoms with Crippen LogP contribution in [0.5, 0.6) is 0 Å². The van der Waals surface area contributed by atoms with Gasteiger partial charge in [0, 0.05) is 5.25 Å². The van der Waals surface area contributed by atoms with Crippen LogP contribution in [-0.2, 0) is 10.1 Å². The number of rotatable bonds is 16. The van der Waals surface area contributed by atoms with E-state index in [1.165, 1.54) is 12.8 Å². The van der Waals surface area contributed by atoms with Gasteiger partial charge in [0.15, 0.2) is 0 Å². The molecule has 0 saturated carbocycles. The second-order valence-electron chi connectivity index (χ2n) is 6.87.